The van der Waals surface area contributed by atoms with Gasteiger partial charge < -0.3 is 15.4 Å². The molecule has 1 heterocycles. The number of rotatable bonds is 10. The molecule has 0 spiro atoms. The molecular weight excluding hydrogens is 653 g/mol. The van der Waals surface area contributed by atoms with Gasteiger partial charge in [0, 0.05) is 45.6 Å². The van der Waals surface area contributed by atoms with Gasteiger partial charge in [-0.1, -0.05) is 65.7 Å². The van der Waals surface area contributed by atoms with Crippen LogP contribution in [0, 0.1) is 0 Å². The average molecular weight is 680 g/mol. The predicted octanol–water partition coefficient (Wildman–Crippen LogP) is 7.99. The van der Waals surface area contributed by atoms with E-state index in [0.717, 1.165) is 23.4 Å². The maximum Gasteiger partial charge on any atom is 0.296 e. The van der Waals surface area contributed by atoms with Crippen molar-refractivity contribution in [1.29, 1.82) is 0 Å². The largest absolute Gasteiger partial charge is 0.495 e. The van der Waals surface area contributed by atoms with Gasteiger partial charge in [-0.15, -0.1) is 8.90 Å². The molecule has 0 saturated carbocycles. The smallest absolute Gasteiger partial charge is 0.296 e. The highest BCUT2D eigenvalue weighted by Crippen LogP contribution is 2.40. The molecule has 7 rings (SSSR count). The second-order valence-electron chi connectivity index (χ2n) is 10.6. The van der Waals surface area contributed by atoms with Crippen molar-refractivity contribution < 1.29 is 36.9 Å². The summed E-state index contributed by atoms with van der Waals surface area (Å²) in [5, 5.41) is 20.9. The van der Waals surface area contributed by atoms with Crippen LogP contribution in [0.3, 0.4) is 0 Å². The standard InChI is InChI=1S/C35H26N4O7S2/c1-44-31-17-9-8-16-25(31)37-27-19-29-26(21-33(27)48(41,42)43)38-35-24-15-10-18-32(47-46-45-40)34(24)28(36-22-11-4-2-5-12-22)20-30(35)39(29)23-13-6-3-7-14-23/h2-21H,1H3,(H3,36,37,40,41,42,43)/p+1. The molecule has 13 heteroatoms. The summed E-state index contributed by atoms with van der Waals surface area (Å²) >= 11 is 0.821. The molecule has 0 amide bonds. The summed E-state index contributed by atoms with van der Waals surface area (Å²) in [6, 6.07) is 36.8. The molecule has 11 nitrogen and oxygen atoms in total. The minimum absolute atomic E-state index is 0.128. The number of ether oxygens (including phenoxy) is 1. The van der Waals surface area contributed by atoms with Gasteiger partial charge in [0.25, 0.3) is 10.1 Å². The fourth-order valence-corrected chi connectivity index (χ4v) is 6.93. The lowest BCUT2D eigenvalue weighted by Crippen LogP contribution is -2.33. The SMILES string of the molecule is COc1ccccc1Nc1cc2c(cc1S(=O)(=O)O)nc1c3cccc(SOOO)c3c(Nc3ccccc3)cc1[n+]2-c1ccccc1. The van der Waals surface area contributed by atoms with E-state index in [9.17, 15) is 13.0 Å². The summed E-state index contributed by atoms with van der Waals surface area (Å²) in [6.07, 6.45) is 0. The maximum atomic E-state index is 12.8. The van der Waals surface area contributed by atoms with E-state index in [0.29, 0.717) is 54.9 Å². The third-order valence-electron chi connectivity index (χ3n) is 7.74. The van der Waals surface area contributed by atoms with Crippen LogP contribution in [0.2, 0.25) is 0 Å². The minimum atomic E-state index is -4.72. The van der Waals surface area contributed by atoms with Crippen molar-refractivity contribution >= 4 is 77.7 Å². The number of methoxy groups -OCH3 is 1. The van der Waals surface area contributed by atoms with Crippen molar-refractivity contribution in [2.24, 2.45) is 0 Å². The lowest BCUT2D eigenvalue weighted by molar-refractivity contribution is -0.538. The first kappa shape index (κ1) is 31.3. The van der Waals surface area contributed by atoms with Crippen molar-refractivity contribution in [2.75, 3.05) is 17.7 Å². The number of hydrogen-bond donors (Lipinski definition) is 4. The summed E-state index contributed by atoms with van der Waals surface area (Å²) in [5.41, 5.74) is 5.06. The first-order valence-corrected chi connectivity index (χ1v) is 16.7. The van der Waals surface area contributed by atoms with Crippen LogP contribution in [0.1, 0.15) is 0 Å². The molecule has 4 N–H and O–H groups in total. The highest BCUT2D eigenvalue weighted by molar-refractivity contribution is 7.94. The Hall–Kier alpha value is -5.28. The Kier molecular flexibility index (Phi) is 8.54. The lowest BCUT2D eigenvalue weighted by Gasteiger charge is -2.16. The third-order valence-corrected chi connectivity index (χ3v) is 9.28. The third kappa shape index (κ3) is 5.97. The fourth-order valence-electron chi connectivity index (χ4n) is 5.74. The first-order chi connectivity index (χ1) is 23.4. The van der Waals surface area contributed by atoms with E-state index in [1.807, 2.05) is 89.5 Å². The van der Waals surface area contributed by atoms with Crippen molar-refractivity contribution in [1.82, 2.24) is 4.98 Å². The van der Waals surface area contributed by atoms with Crippen LogP contribution in [0.25, 0.3) is 38.5 Å². The molecule has 0 atom stereocenters. The van der Waals surface area contributed by atoms with Crippen molar-refractivity contribution in [3.63, 3.8) is 0 Å². The minimum Gasteiger partial charge on any atom is -0.495 e. The van der Waals surface area contributed by atoms with Crippen LogP contribution >= 0.6 is 12.0 Å². The summed E-state index contributed by atoms with van der Waals surface area (Å²) in [5.74, 6) is 0.485. The van der Waals surface area contributed by atoms with E-state index >= 15 is 0 Å². The summed E-state index contributed by atoms with van der Waals surface area (Å²) < 4.78 is 48.4. The van der Waals surface area contributed by atoms with Crippen LogP contribution in [0.4, 0.5) is 22.7 Å². The predicted molar refractivity (Wildman–Crippen MR) is 185 cm³/mol. The zero-order chi connectivity index (χ0) is 33.3. The number of nitrogens with zero attached hydrogens (tertiary/aromatic N) is 2. The second kappa shape index (κ2) is 13.1. The molecular formula is C35H27N4O7S2+. The van der Waals surface area contributed by atoms with Gasteiger partial charge in [-0.2, -0.15) is 8.42 Å². The molecule has 0 saturated heterocycles. The van der Waals surface area contributed by atoms with E-state index < -0.39 is 10.1 Å². The monoisotopic (exact) mass is 679 g/mol. The molecule has 0 fully saturated rings. The molecule has 0 radical (unpaired) electrons. The van der Waals surface area contributed by atoms with Gasteiger partial charge in [-0.25, -0.2) is 10.2 Å². The second-order valence-corrected chi connectivity index (χ2v) is 12.7. The molecule has 0 aliphatic rings. The van der Waals surface area contributed by atoms with E-state index in [2.05, 4.69) is 15.7 Å². The van der Waals surface area contributed by atoms with E-state index in [4.69, 9.17) is 19.3 Å². The van der Waals surface area contributed by atoms with E-state index in [-0.39, 0.29) is 10.6 Å². The molecule has 48 heavy (non-hydrogen) atoms. The van der Waals surface area contributed by atoms with Gasteiger partial charge in [0.1, 0.15) is 21.7 Å². The number of hydrogen-bond acceptors (Lipinski definition) is 10. The highest BCUT2D eigenvalue weighted by Gasteiger charge is 2.28. The molecule has 7 aromatic rings. The van der Waals surface area contributed by atoms with Crippen LogP contribution in [-0.4, -0.2) is 30.3 Å². The first-order valence-electron chi connectivity index (χ1n) is 14.5. The number of benzene rings is 6. The number of fused-ring (bicyclic) bond motifs is 4. The molecule has 6 aromatic carbocycles. The number of aromatic nitrogens is 2. The van der Waals surface area contributed by atoms with Crippen LogP contribution in [0.15, 0.2) is 131 Å². The van der Waals surface area contributed by atoms with Crippen molar-refractivity contribution in [2.45, 2.75) is 9.79 Å². The van der Waals surface area contributed by atoms with Gasteiger partial charge >= 0.3 is 0 Å². The molecule has 1 aromatic heterocycles. The van der Waals surface area contributed by atoms with Crippen LogP contribution in [0.5, 0.6) is 5.75 Å². The van der Waals surface area contributed by atoms with E-state index in [1.54, 1.807) is 30.3 Å². The molecule has 240 valence electrons. The zero-order valence-corrected chi connectivity index (χ0v) is 26.8. The van der Waals surface area contributed by atoms with Gasteiger partial charge in [-0.05, 0) is 36.4 Å². The van der Waals surface area contributed by atoms with Crippen LogP contribution in [-0.2, 0) is 19.5 Å². The molecule has 0 bridgehead atoms. The average Bonchev–Trinajstić information content (AvgIpc) is 3.10. The van der Waals surface area contributed by atoms with Gasteiger partial charge in [0.05, 0.1) is 36.2 Å². The Morgan fingerprint density at radius 2 is 1.48 bits per heavy atom. The van der Waals surface area contributed by atoms with Gasteiger partial charge in [0.2, 0.25) is 16.7 Å². The van der Waals surface area contributed by atoms with Gasteiger partial charge in [0.15, 0.2) is 0 Å². The van der Waals surface area contributed by atoms with Crippen molar-refractivity contribution in [3.8, 4) is 11.4 Å². The van der Waals surface area contributed by atoms with Crippen LogP contribution < -0.4 is 19.9 Å². The molecule has 0 unspecified atom stereocenters. The number of para-hydroxylation sites is 4. The Morgan fingerprint density at radius 3 is 2.21 bits per heavy atom. The molecule has 0 aliphatic carbocycles. The summed E-state index contributed by atoms with van der Waals surface area (Å²) in [4.78, 5) is 5.27. The van der Waals surface area contributed by atoms with E-state index in [1.165, 1.54) is 13.2 Å². The van der Waals surface area contributed by atoms with Crippen molar-refractivity contribution in [3.05, 3.63) is 121 Å². The highest BCUT2D eigenvalue weighted by atomic mass is 32.2. The Bertz CT molecular complexity index is 2410. The zero-order valence-electron chi connectivity index (χ0n) is 25.2. The fraction of sp³-hybridized carbons (Fsp3) is 0.0286. The summed E-state index contributed by atoms with van der Waals surface area (Å²) in [6.45, 7) is 0. The summed E-state index contributed by atoms with van der Waals surface area (Å²) in [7, 11) is -3.20. The molecule has 0 aliphatic heterocycles. The number of nitrogens with one attached hydrogen (secondary N) is 2. The van der Waals surface area contributed by atoms with Gasteiger partial charge in [-0.3, -0.25) is 4.55 Å². The normalized spacial score (nSPS) is 11.6. The Labute approximate surface area is 279 Å². The quantitative estimate of drug-likeness (QED) is 0.0212. The Balaban J connectivity index is 1.60. The lowest BCUT2D eigenvalue weighted by atomic mass is 10.0. The topological polar surface area (TPSA) is 143 Å². The number of anilines is 4. The Morgan fingerprint density at radius 1 is 0.771 bits per heavy atom. The maximum absolute atomic E-state index is 12.8.